The average Bonchev–Trinajstić information content (AvgIpc) is 2.93. The predicted octanol–water partition coefficient (Wildman–Crippen LogP) is 2.23. The number of fused-ring (bicyclic) bond motifs is 1. The van der Waals surface area contributed by atoms with E-state index >= 15 is 0 Å². The Morgan fingerprint density at radius 2 is 2.00 bits per heavy atom. The summed E-state index contributed by atoms with van der Waals surface area (Å²) < 4.78 is 6.70. The van der Waals surface area contributed by atoms with Crippen molar-refractivity contribution < 1.29 is 4.74 Å². The van der Waals surface area contributed by atoms with E-state index in [0.29, 0.717) is 5.82 Å². The van der Waals surface area contributed by atoms with E-state index in [-0.39, 0.29) is 17.6 Å². The minimum atomic E-state index is -0.399. The maximum absolute atomic E-state index is 12.1. The minimum Gasteiger partial charge on any atom is -0.493 e. The molecule has 0 amide bonds. The molecule has 1 aromatic carbocycles. The number of nitrogens with one attached hydrogen (secondary N) is 2. The highest BCUT2D eigenvalue weighted by molar-refractivity contribution is 5.43. The molecule has 1 aliphatic heterocycles. The monoisotopic (exact) mass is 315 g/mol. The number of benzene rings is 1. The Hall–Kier alpha value is -2.50. The van der Waals surface area contributed by atoms with Crippen LogP contribution in [0.3, 0.4) is 0 Å². The fourth-order valence-corrected chi connectivity index (χ4v) is 2.86. The van der Waals surface area contributed by atoms with E-state index in [1.165, 1.54) is 16.2 Å². The van der Waals surface area contributed by atoms with Crippen molar-refractivity contribution in [3.8, 4) is 5.75 Å². The van der Waals surface area contributed by atoms with Crippen LogP contribution in [-0.2, 0) is 6.42 Å². The van der Waals surface area contributed by atoms with Crippen molar-refractivity contribution in [1.82, 2.24) is 9.55 Å². The van der Waals surface area contributed by atoms with Gasteiger partial charge >= 0.3 is 5.69 Å². The molecule has 0 aliphatic carbocycles. The van der Waals surface area contributed by atoms with Crippen LogP contribution in [0.4, 0.5) is 5.82 Å². The van der Waals surface area contributed by atoms with Gasteiger partial charge in [0.2, 0.25) is 0 Å². The highest BCUT2D eigenvalue weighted by Gasteiger charge is 2.15. The largest absolute Gasteiger partial charge is 0.493 e. The molecule has 2 aromatic rings. The molecule has 0 unspecified atom stereocenters. The number of nitrogens with zero attached hydrogens (tertiary/aromatic N) is 1. The number of aromatic amines is 1. The Balaban J connectivity index is 1.84. The van der Waals surface area contributed by atoms with Crippen LogP contribution < -0.4 is 21.3 Å². The molecular weight excluding hydrogens is 294 g/mol. The zero-order valence-corrected chi connectivity index (χ0v) is 13.6. The van der Waals surface area contributed by atoms with Crippen molar-refractivity contribution in [1.29, 1.82) is 0 Å². The summed E-state index contributed by atoms with van der Waals surface area (Å²) in [6.45, 7) is 6.32. The van der Waals surface area contributed by atoms with Gasteiger partial charge in [-0.05, 0) is 44.0 Å². The molecule has 1 atom stereocenters. The maximum Gasteiger partial charge on any atom is 0.330 e. The van der Waals surface area contributed by atoms with E-state index in [0.717, 1.165) is 24.3 Å². The average molecular weight is 315 g/mol. The van der Waals surface area contributed by atoms with Crippen molar-refractivity contribution in [3.05, 3.63) is 56.2 Å². The molecule has 1 aromatic heterocycles. The molecule has 23 heavy (non-hydrogen) atoms. The lowest BCUT2D eigenvalue weighted by atomic mass is 10.0. The first-order valence-corrected chi connectivity index (χ1v) is 7.83. The molecule has 0 fully saturated rings. The molecule has 122 valence electrons. The molecule has 3 rings (SSSR count). The van der Waals surface area contributed by atoms with E-state index in [4.69, 9.17) is 4.74 Å². The van der Waals surface area contributed by atoms with Crippen LogP contribution in [0.25, 0.3) is 0 Å². The second-order valence-electron chi connectivity index (χ2n) is 6.12. The molecule has 2 heterocycles. The van der Waals surface area contributed by atoms with Gasteiger partial charge < -0.3 is 10.1 Å². The quantitative estimate of drug-likeness (QED) is 0.907. The number of ether oxygens (including phenoxy) is 1. The summed E-state index contributed by atoms with van der Waals surface area (Å²) in [5.74, 6) is 1.37. The van der Waals surface area contributed by atoms with Crippen LogP contribution >= 0.6 is 0 Å². The Kier molecular flexibility index (Phi) is 3.98. The first-order valence-electron chi connectivity index (χ1n) is 7.83. The highest BCUT2D eigenvalue weighted by Crippen LogP contribution is 2.28. The molecule has 0 saturated heterocycles. The van der Waals surface area contributed by atoms with Gasteiger partial charge in [-0.15, -0.1) is 0 Å². The number of anilines is 1. The van der Waals surface area contributed by atoms with Crippen LogP contribution in [0.2, 0.25) is 0 Å². The zero-order valence-electron chi connectivity index (χ0n) is 13.6. The lowest BCUT2D eigenvalue weighted by molar-refractivity contribution is 0.357. The van der Waals surface area contributed by atoms with Gasteiger partial charge in [-0.25, -0.2) is 4.79 Å². The molecule has 0 bridgehead atoms. The Morgan fingerprint density at radius 1 is 1.22 bits per heavy atom. The van der Waals surface area contributed by atoms with E-state index in [1.54, 1.807) is 13.8 Å². The van der Waals surface area contributed by atoms with E-state index in [1.807, 2.05) is 19.1 Å². The van der Waals surface area contributed by atoms with Crippen molar-refractivity contribution in [3.63, 3.8) is 0 Å². The third-order valence-corrected chi connectivity index (χ3v) is 4.07. The summed E-state index contributed by atoms with van der Waals surface area (Å²) in [5.41, 5.74) is 1.58. The standard InChI is InChI=1S/C17H21N3O3/c1-10(2)20-16(21)9-15(19-17(20)22)18-11(3)12-4-5-14-13(8-12)6-7-23-14/h4-5,8-11,18H,6-7H2,1-3H3,(H,19,22)/t11-/m0/s1. The third-order valence-electron chi connectivity index (χ3n) is 4.07. The molecule has 2 N–H and O–H groups in total. The summed E-state index contributed by atoms with van der Waals surface area (Å²) in [5, 5.41) is 3.19. The van der Waals surface area contributed by atoms with E-state index in [9.17, 15) is 9.59 Å². The van der Waals surface area contributed by atoms with Gasteiger partial charge in [-0.2, -0.15) is 0 Å². The zero-order chi connectivity index (χ0) is 16.6. The Labute approximate surface area is 134 Å². The van der Waals surface area contributed by atoms with Crippen LogP contribution in [0.15, 0.2) is 33.9 Å². The fourth-order valence-electron chi connectivity index (χ4n) is 2.86. The fraction of sp³-hybridized carbons (Fsp3) is 0.412. The van der Waals surface area contributed by atoms with Gasteiger partial charge in [-0.1, -0.05) is 6.07 Å². The molecule has 6 nitrogen and oxygen atoms in total. The van der Waals surface area contributed by atoms with Gasteiger partial charge in [0.15, 0.2) is 0 Å². The van der Waals surface area contributed by atoms with Gasteiger partial charge in [0.25, 0.3) is 5.56 Å². The molecular formula is C17H21N3O3. The van der Waals surface area contributed by atoms with Crippen molar-refractivity contribution in [2.45, 2.75) is 39.3 Å². The highest BCUT2D eigenvalue weighted by atomic mass is 16.5. The van der Waals surface area contributed by atoms with Gasteiger partial charge in [0.1, 0.15) is 11.6 Å². The van der Waals surface area contributed by atoms with Gasteiger partial charge in [0, 0.05) is 24.6 Å². The van der Waals surface area contributed by atoms with Crippen molar-refractivity contribution in [2.24, 2.45) is 0 Å². The predicted molar refractivity (Wildman–Crippen MR) is 89.4 cm³/mol. The lowest BCUT2D eigenvalue weighted by Crippen LogP contribution is -2.36. The SMILES string of the molecule is CC(C)n1c(=O)cc(N[C@@H](C)c2ccc3c(c2)CCO3)[nH]c1=O. The Bertz CT molecular complexity index is 804. The number of hydrogen-bond donors (Lipinski definition) is 2. The summed E-state index contributed by atoms with van der Waals surface area (Å²) in [6, 6.07) is 7.28. The molecule has 1 aliphatic rings. The first kappa shape index (κ1) is 15.4. The first-order chi connectivity index (χ1) is 11.0. The summed E-state index contributed by atoms with van der Waals surface area (Å²) in [6.07, 6.45) is 0.914. The van der Waals surface area contributed by atoms with Crippen LogP contribution in [0.5, 0.6) is 5.75 Å². The number of H-pyrrole nitrogens is 1. The Morgan fingerprint density at radius 3 is 2.70 bits per heavy atom. The topological polar surface area (TPSA) is 76.1 Å². The minimum absolute atomic E-state index is 0.0363. The second-order valence-corrected chi connectivity index (χ2v) is 6.12. The van der Waals surface area contributed by atoms with E-state index in [2.05, 4.69) is 16.4 Å². The van der Waals surface area contributed by atoms with E-state index < -0.39 is 5.69 Å². The number of aromatic nitrogens is 2. The van der Waals surface area contributed by atoms with Gasteiger partial charge in [0.05, 0.1) is 6.61 Å². The summed E-state index contributed by atoms with van der Waals surface area (Å²) >= 11 is 0. The molecule has 0 saturated carbocycles. The summed E-state index contributed by atoms with van der Waals surface area (Å²) in [4.78, 5) is 26.8. The smallest absolute Gasteiger partial charge is 0.330 e. The lowest BCUT2D eigenvalue weighted by Gasteiger charge is -2.17. The summed E-state index contributed by atoms with van der Waals surface area (Å²) in [7, 11) is 0. The maximum atomic E-state index is 12.1. The van der Waals surface area contributed by atoms with Crippen molar-refractivity contribution >= 4 is 5.82 Å². The number of rotatable bonds is 4. The molecule has 0 spiro atoms. The van der Waals surface area contributed by atoms with Crippen LogP contribution in [0, 0.1) is 0 Å². The van der Waals surface area contributed by atoms with Gasteiger partial charge in [-0.3, -0.25) is 14.3 Å². The second kappa shape index (κ2) is 5.95. The third kappa shape index (κ3) is 3.02. The van der Waals surface area contributed by atoms with Crippen molar-refractivity contribution in [2.75, 3.05) is 11.9 Å². The van der Waals surface area contributed by atoms with Crippen LogP contribution in [-0.4, -0.2) is 16.2 Å². The number of hydrogen-bond acceptors (Lipinski definition) is 4. The van der Waals surface area contributed by atoms with Crippen LogP contribution in [0.1, 0.15) is 44.0 Å². The normalized spacial score (nSPS) is 14.4. The molecule has 0 radical (unpaired) electrons. The molecule has 6 heteroatoms.